The van der Waals surface area contributed by atoms with Crippen molar-refractivity contribution in [3.63, 3.8) is 0 Å². The number of benzene rings is 1. The van der Waals surface area contributed by atoms with E-state index in [1.54, 1.807) is 18.2 Å². The van der Waals surface area contributed by atoms with Crippen LogP contribution in [0.15, 0.2) is 36.0 Å². The van der Waals surface area contributed by atoms with Gasteiger partial charge in [0.2, 0.25) is 0 Å². The van der Waals surface area contributed by atoms with E-state index < -0.39 is 0 Å². The fourth-order valence-corrected chi connectivity index (χ4v) is 3.25. The number of esters is 1. The summed E-state index contributed by atoms with van der Waals surface area (Å²) < 4.78 is 18.4. The fraction of sp³-hybridized carbons (Fsp3) is 0.389. The Bertz CT molecular complexity index is 707. The molecule has 0 aliphatic heterocycles. The molecule has 0 atom stereocenters. The molecule has 1 aromatic heterocycles. The van der Waals surface area contributed by atoms with Crippen LogP contribution in [-0.2, 0) is 9.53 Å². The van der Waals surface area contributed by atoms with Crippen LogP contribution in [0.5, 0.6) is 0 Å². The maximum atomic E-state index is 13.5. The zero-order chi connectivity index (χ0) is 15.5. The molecule has 1 N–H and O–H groups in total. The van der Waals surface area contributed by atoms with Gasteiger partial charge in [0.05, 0.1) is 6.61 Å². The highest BCUT2D eigenvalue weighted by atomic mass is 19.1. The van der Waals surface area contributed by atoms with Crippen LogP contribution in [-0.4, -0.2) is 17.6 Å². The third-order valence-corrected chi connectivity index (χ3v) is 4.35. The van der Waals surface area contributed by atoms with Gasteiger partial charge in [-0.3, -0.25) is 0 Å². The third-order valence-electron chi connectivity index (χ3n) is 4.35. The van der Waals surface area contributed by atoms with E-state index >= 15 is 0 Å². The number of carbonyl (C=O) groups excluding carboxylic acids is 1. The summed E-state index contributed by atoms with van der Waals surface area (Å²) in [5, 5.41) is 0.975. The van der Waals surface area contributed by atoms with Gasteiger partial charge in [-0.2, -0.15) is 0 Å². The lowest BCUT2D eigenvalue weighted by Gasteiger charge is -2.23. The lowest BCUT2D eigenvalue weighted by Crippen LogP contribution is -2.08. The van der Waals surface area contributed by atoms with Gasteiger partial charge in [0, 0.05) is 23.2 Å². The molecule has 0 bridgehead atoms. The third kappa shape index (κ3) is 3.06. The molecular weight excluding hydrogens is 281 g/mol. The number of H-pyrrole nitrogens is 1. The van der Waals surface area contributed by atoms with Crippen molar-refractivity contribution in [2.75, 3.05) is 6.61 Å². The lowest BCUT2D eigenvalue weighted by molar-refractivity contribution is -0.137. The maximum absolute atomic E-state index is 13.5. The van der Waals surface area contributed by atoms with E-state index in [0.29, 0.717) is 12.5 Å². The van der Waals surface area contributed by atoms with Gasteiger partial charge >= 0.3 is 5.97 Å². The largest absolute Gasteiger partial charge is 0.463 e. The van der Waals surface area contributed by atoms with Crippen molar-refractivity contribution in [3.05, 3.63) is 47.4 Å². The number of carbonyl (C=O) groups is 1. The number of hydrogen-bond donors (Lipinski definition) is 1. The molecule has 0 amide bonds. The molecular formula is C18H20FNO2. The van der Waals surface area contributed by atoms with Crippen LogP contribution in [0, 0.1) is 5.82 Å². The van der Waals surface area contributed by atoms with Gasteiger partial charge in [-0.25, -0.2) is 9.18 Å². The molecule has 1 aliphatic carbocycles. The molecule has 1 aromatic carbocycles. The van der Waals surface area contributed by atoms with E-state index in [1.165, 1.54) is 11.6 Å². The normalized spacial score (nSPS) is 18.5. The summed E-state index contributed by atoms with van der Waals surface area (Å²) >= 11 is 0. The summed E-state index contributed by atoms with van der Waals surface area (Å²) in [6.07, 6.45) is 7.38. The van der Waals surface area contributed by atoms with E-state index in [9.17, 15) is 9.18 Å². The van der Waals surface area contributed by atoms with Gasteiger partial charge in [-0.15, -0.1) is 0 Å². The first-order valence-corrected chi connectivity index (χ1v) is 7.80. The molecule has 4 heteroatoms. The molecule has 1 heterocycles. The summed E-state index contributed by atoms with van der Waals surface area (Å²) in [6, 6.07) is 4.86. The number of aromatic nitrogens is 1. The summed E-state index contributed by atoms with van der Waals surface area (Å²) in [6.45, 7) is 2.22. The van der Waals surface area contributed by atoms with Crippen molar-refractivity contribution in [1.82, 2.24) is 4.98 Å². The van der Waals surface area contributed by atoms with E-state index in [-0.39, 0.29) is 11.8 Å². The predicted octanol–water partition coefficient (Wildman–Crippen LogP) is 4.45. The molecule has 0 radical (unpaired) electrons. The molecule has 3 rings (SSSR count). The highest BCUT2D eigenvalue weighted by Crippen LogP contribution is 2.38. The first-order chi connectivity index (χ1) is 10.7. The van der Waals surface area contributed by atoms with Crippen LogP contribution < -0.4 is 0 Å². The average molecular weight is 301 g/mol. The van der Waals surface area contributed by atoms with E-state index in [2.05, 4.69) is 4.98 Å². The zero-order valence-electron chi connectivity index (χ0n) is 12.7. The van der Waals surface area contributed by atoms with Crippen LogP contribution in [0.1, 0.15) is 44.1 Å². The van der Waals surface area contributed by atoms with E-state index in [4.69, 9.17) is 4.74 Å². The molecule has 22 heavy (non-hydrogen) atoms. The Morgan fingerprint density at radius 1 is 1.41 bits per heavy atom. The van der Waals surface area contributed by atoms with Crippen LogP contribution in [0.25, 0.3) is 10.9 Å². The molecule has 0 spiro atoms. The first kappa shape index (κ1) is 14.8. The second-order valence-electron chi connectivity index (χ2n) is 5.76. The molecule has 116 valence electrons. The molecule has 1 aliphatic rings. The minimum Gasteiger partial charge on any atom is -0.463 e. The Morgan fingerprint density at radius 3 is 2.91 bits per heavy atom. The summed E-state index contributed by atoms with van der Waals surface area (Å²) in [4.78, 5) is 14.7. The zero-order valence-corrected chi connectivity index (χ0v) is 12.7. The summed E-state index contributed by atoms with van der Waals surface area (Å²) in [5.41, 5.74) is 3.31. The summed E-state index contributed by atoms with van der Waals surface area (Å²) in [7, 11) is 0. The highest BCUT2D eigenvalue weighted by molar-refractivity contribution is 5.84. The minimum atomic E-state index is -0.245. The molecule has 3 nitrogen and oxygen atoms in total. The number of fused-ring (bicyclic) bond motifs is 1. The van der Waals surface area contributed by atoms with Gasteiger partial charge in [-0.1, -0.05) is 5.57 Å². The van der Waals surface area contributed by atoms with Gasteiger partial charge in [0.15, 0.2) is 0 Å². The summed E-state index contributed by atoms with van der Waals surface area (Å²) in [5.74, 6) is -0.0351. The van der Waals surface area contributed by atoms with Crippen molar-refractivity contribution >= 4 is 16.9 Å². The Kier molecular flexibility index (Phi) is 4.27. The van der Waals surface area contributed by atoms with Crippen LogP contribution in [0.3, 0.4) is 0 Å². The number of halogens is 1. The van der Waals surface area contributed by atoms with Crippen LogP contribution >= 0.6 is 0 Å². The lowest BCUT2D eigenvalue weighted by atomic mass is 9.81. The van der Waals surface area contributed by atoms with Crippen LogP contribution in [0.4, 0.5) is 4.39 Å². The van der Waals surface area contributed by atoms with Crippen molar-refractivity contribution in [2.45, 2.75) is 38.5 Å². The number of nitrogens with one attached hydrogen (secondary N) is 1. The number of allylic oxidation sites excluding steroid dienone is 1. The van der Waals surface area contributed by atoms with E-state index in [1.807, 2.05) is 13.1 Å². The molecule has 2 aromatic rings. The Hall–Kier alpha value is -2.10. The van der Waals surface area contributed by atoms with Crippen LogP contribution in [0.2, 0.25) is 0 Å². The second-order valence-corrected chi connectivity index (χ2v) is 5.76. The Labute approximate surface area is 129 Å². The number of aromatic amines is 1. The average Bonchev–Trinajstić information content (AvgIpc) is 2.91. The topological polar surface area (TPSA) is 42.1 Å². The number of ether oxygens (including phenoxy) is 1. The Balaban J connectivity index is 1.73. The fourth-order valence-electron chi connectivity index (χ4n) is 3.25. The monoisotopic (exact) mass is 301 g/mol. The van der Waals surface area contributed by atoms with Gasteiger partial charge in [0.1, 0.15) is 5.82 Å². The number of rotatable bonds is 3. The molecule has 0 unspecified atom stereocenters. The van der Waals surface area contributed by atoms with Crippen molar-refractivity contribution in [2.24, 2.45) is 0 Å². The minimum absolute atomic E-state index is 0.202. The Morgan fingerprint density at radius 2 is 2.18 bits per heavy atom. The van der Waals surface area contributed by atoms with E-state index in [0.717, 1.165) is 42.2 Å². The first-order valence-electron chi connectivity index (χ1n) is 7.80. The second kappa shape index (κ2) is 6.34. The molecule has 1 fully saturated rings. The standard InChI is InChI=1S/C18H20FNO2/c1-2-22-18(21)9-12-3-5-13(6-4-12)16-11-20-17-8-7-14(19)10-15(16)17/h7-11,13,20H,2-6H2,1H3. The van der Waals surface area contributed by atoms with Crippen molar-refractivity contribution < 1.29 is 13.9 Å². The quantitative estimate of drug-likeness (QED) is 0.672. The van der Waals surface area contributed by atoms with Crippen molar-refractivity contribution in [3.8, 4) is 0 Å². The maximum Gasteiger partial charge on any atom is 0.330 e. The SMILES string of the molecule is CCOC(=O)C=C1CCC(c2c[nH]c3ccc(F)cc23)CC1. The highest BCUT2D eigenvalue weighted by Gasteiger charge is 2.21. The van der Waals surface area contributed by atoms with Gasteiger partial charge in [0.25, 0.3) is 0 Å². The number of hydrogen-bond acceptors (Lipinski definition) is 2. The smallest absolute Gasteiger partial charge is 0.330 e. The van der Waals surface area contributed by atoms with Gasteiger partial charge in [-0.05, 0) is 62.3 Å². The predicted molar refractivity (Wildman–Crippen MR) is 84.2 cm³/mol. The van der Waals surface area contributed by atoms with Gasteiger partial charge < -0.3 is 9.72 Å². The van der Waals surface area contributed by atoms with Crippen molar-refractivity contribution in [1.29, 1.82) is 0 Å². The molecule has 0 saturated heterocycles. The molecule has 1 saturated carbocycles.